The minimum absolute atomic E-state index is 0.140. The number of hydrogen-bond acceptors (Lipinski definition) is 3. The fourth-order valence-electron chi connectivity index (χ4n) is 2.35. The number of aliphatic carboxylic acids is 1. The third-order valence-electron chi connectivity index (χ3n) is 3.56. The Morgan fingerprint density at radius 1 is 1.33 bits per heavy atom. The first-order valence-corrected chi connectivity index (χ1v) is 6.84. The maximum absolute atomic E-state index is 11.9. The molecule has 0 radical (unpaired) electrons. The van der Waals surface area contributed by atoms with Crippen molar-refractivity contribution in [1.29, 1.82) is 0 Å². The van der Waals surface area contributed by atoms with E-state index in [0.717, 1.165) is 11.1 Å². The molecule has 1 aliphatic rings. The first-order chi connectivity index (χ1) is 9.97. The molecular weight excluding hydrogens is 270 g/mol. The summed E-state index contributed by atoms with van der Waals surface area (Å²) in [6, 6.07) is 5.50. The highest BCUT2D eigenvalue weighted by Crippen LogP contribution is 2.14. The van der Waals surface area contributed by atoms with Crippen LogP contribution in [0.2, 0.25) is 0 Å². The number of rotatable bonds is 4. The van der Waals surface area contributed by atoms with Crippen molar-refractivity contribution in [3.63, 3.8) is 0 Å². The van der Waals surface area contributed by atoms with E-state index in [4.69, 9.17) is 9.84 Å². The highest BCUT2D eigenvalue weighted by atomic mass is 16.5. The predicted molar refractivity (Wildman–Crippen MR) is 78.8 cm³/mol. The molecule has 1 fully saturated rings. The monoisotopic (exact) mass is 289 g/mol. The molecule has 112 valence electrons. The van der Waals surface area contributed by atoms with Crippen LogP contribution in [0.15, 0.2) is 24.3 Å². The van der Waals surface area contributed by atoms with Gasteiger partial charge in [-0.3, -0.25) is 9.59 Å². The summed E-state index contributed by atoms with van der Waals surface area (Å²) < 4.78 is 5.11. The molecule has 1 amide bonds. The van der Waals surface area contributed by atoms with E-state index >= 15 is 0 Å². The molecule has 0 spiro atoms. The molecule has 0 aromatic heterocycles. The van der Waals surface area contributed by atoms with E-state index in [1.807, 2.05) is 32.0 Å². The van der Waals surface area contributed by atoms with Crippen LogP contribution in [0.3, 0.4) is 0 Å². The van der Waals surface area contributed by atoms with Gasteiger partial charge < -0.3 is 15.2 Å². The molecule has 5 heteroatoms. The third-order valence-corrected chi connectivity index (χ3v) is 3.56. The molecule has 0 bridgehead atoms. The number of hydrogen-bond donors (Lipinski definition) is 2. The number of carboxylic acids is 1. The highest BCUT2D eigenvalue weighted by molar-refractivity contribution is 5.92. The Morgan fingerprint density at radius 2 is 2.10 bits per heavy atom. The third kappa shape index (κ3) is 3.92. The topological polar surface area (TPSA) is 75.6 Å². The first kappa shape index (κ1) is 15.3. The van der Waals surface area contributed by atoms with Gasteiger partial charge in [-0.05, 0) is 31.1 Å². The fourth-order valence-corrected chi connectivity index (χ4v) is 2.35. The number of amides is 1. The molecule has 2 N–H and O–H groups in total. The van der Waals surface area contributed by atoms with Gasteiger partial charge in [-0.15, -0.1) is 0 Å². The summed E-state index contributed by atoms with van der Waals surface area (Å²) in [4.78, 5) is 22.9. The molecule has 5 nitrogen and oxygen atoms in total. The Kier molecular flexibility index (Phi) is 4.75. The van der Waals surface area contributed by atoms with Crippen molar-refractivity contribution in [3.8, 4) is 0 Å². The lowest BCUT2D eigenvalue weighted by molar-refractivity contribution is -0.142. The van der Waals surface area contributed by atoms with E-state index in [1.165, 1.54) is 11.6 Å². The summed E-state index contributed by atoms with van der Waals surface area (Å²) in [7, 11) is 0. The lowest BCUT2D eigenvalue weighted by Gasteiger charge is -2.14. The van der Waals surface area contributed by atoms with E-state index in [2.05, 4.69) is 5.32 Å². The normalized spacial score (nSPS) is 21.6. The summed E-state index contributed by atoms with van der Waals surface area (Å²) in [5.41, 5.74) is 3.22. The van der Waals surface area contributed by atoms with Crippen LogP contribution in [0.25, 0.3) is 6.08 Å². The zero-order valence-corrected chi connectivity index (χ0v) is 12.1. The standard InChI is InChI=1S/C16H19NO4/c1-10-3-4-12(11(2)7-10)5-6-15(18)17-14-9-21-8-13(14)16(19)20/h3-7,13-14H,8-9H2,1-2H3,(H,17,18)(H,19,20). The SMILES string of the molecule is Cc1ccc(C=CC(=O)NC2COCC2C(=O)O)c(C)c1. The molecule has 1 aromatic carbocycles. The predicted octanol–water partition coefficient (Wildman–Crippen LogP) is 1.53. The number of carboxylic acid groups (broad SMARTS) is 1. The molecule has 21 heavy (non-hydrogen) atoms. The summed E-state index contributed by atoms with van der Waals surface area (Å²) in [6.45, 7) is 4.37. The Hall–Kier alpha value is -2.14. The van der Waals surface area contributed by atoms with Crippen LogP contribution in [-0.2, 0) is 14.3 Å². The van der Waals surface area contributed by atoms with Crippen molar-refractivity contribution in [1.82, 2.24) is 5.32 Å². The lowest BCUT2D eigenvalue weighted by Crippen LogP contribution is -2.41. The van der Waals surface area contributed by atoms with Crippen molar-refractivity contribution in [2.45, 2.75) is 19.9 Å². The van der Waals surface area contributed by atoms with Crippen molar-refractivity contribution in [2.75, 3.05) is 13.2 Å². The second-order valence-corrected chi connectivity index (χ2v) is 5.29. The minimum Gasteiger partial charge on any atom is -0.481 e. The Morgan fingerprint density at radius 3 is 2.76 bits per heavy atom. The van der Waals surface area contributed by atoms with Crippen LogP contribution in [0.1, 0.15) is 16.7 Å². The van der Waals surface area contributed by atoms with Crippen LogP contribution in [0.4, 0.5) is 0 Å². The van der Waals surface area contributed by atoms with E-state index in [1.54, 1.807) is 6.08 Å². The highest BCUT2D eigenvalue weighted by Gasteiger charge is 2.34. The van der Waals surface area contributed by atoms with Crippen molar-refractivity contribution in [3.05, 3.63) is 41.0 Å². The van der Waals surface area contributed by atoms with Crippen molar-refractivity contribution >= 4 is 18.0 Å². The van der Waals surface area contributed by atoms with Gasteiger partial charge in [-0.1, -0.05) is 23.8 Å². The largest absolute Gasteiger partial charge is 0.481 e. The quantitative estimate of drug-likeness (QED) is 0.824. The van der Waals surface area contributed by atoms with E-state index in [-0.39, 0.29) is 19.1 Å². The van der Waals surface area contributed by atoms with Gasteiger partial charge in [0.25, 0.3) is 0 Å². The molecule has 2 unspecified atom stereocenters. The Balaban J connectivity index is 1.98. The number of carbonyl (C=O) groups is 2. The summed E-state index contributed by atoms with van der Waals surface area (Å²) in [5.74, 6) is -1.93. The van der Waals surface area contributed by atoms with Gasteiger partial charge in [0, 0.05) is 6.08 Å². The average Bonchev–Trinajstić information content (AvgIpc) is 2.86. The maximum Gasteiger partial charge on any atom is 0.311 e. The van der Waals surface area contributed by atoms with Gasteiger partial charge >= 0.3 is 5.97 Å². The fraction of sp³-hybridized carbons (Fsp3) is 0.375. The molecule has 0 aliphatic carbocycles. The van der Waals surface area contributed by atoms with Crippen LogP contribution in [0, 0.1) is 19.8 Å². The molecule has 1 saturated heterocycles. The molecule has 2 atom stereocenters. The van der Waals surface area contributed by atoms with E-state index in [9.17, 15) is 9.59 Å². The maximum atomic E-state index is 11.9. The van der Waals surface area contributed by atoms with Crippen LogP contribution >= 0.6 is 0 Å². The van der Waals surface area contributed by atoms with Gasteiger partial charge in [-0.25, -0.2) is 0 Å². The number of ether oxygens (including phenoxy) is 1. The smallest absolute Gasteiger partial charge is 0.311 e. The van der Waals surface area contributed by atoms with E-state index < -0.39 is 17.9 Å². The summed E-state index contributed by atoms with van der Waals surface area (Å²) in [5, 5.41) is 11.7. The van der Waals surface area contributed by atoms with Gasteiger partial charge in [0.1, 0.15) is 5.92 Å². The second kappa shape index (κ2) is 6.54. The second-order valence-electron chi connectivity index (χ2n) is 5.29. The molecule has 2 rings (SSSR count). The van der Waals surface area contributed by atoms with Crippen molar-refractivity contribution < 1.29 is 19.4 Å². The van der Waals surface area contributed by atoms with Gasteiger partial charge in [0.05, 0.1) is 19.3 Å². The van der Waals surface area contributed by atoms with Crippen LogP contribution in [0.5, 0.6) is 0 Å². The van der Waals surface area contributed by atoms with Crippen molar-refractivity contribution in [2.24, 2.45) is 5.92 Å². The average molecular weight is 289 g/mol. The zero-order chi connectivity index (χ0) is 15.4. The summed E-state index contributed by atoms with van der Waals surface area (Å²) in [6.07, 6.45) is 3.16. The lowest BCUT2D eigenvalue weighted by atomic mass is 10.0. The number of aryl methyl sites for hydroxylation is 2. The summed E-state index contributed by atoms with van der Waals surface area (Å²) >= 11 is 0. The molecule has 1 aliphatic heterocycles. The van der Waals surface area contributed by atoms with Gasteiger partial charge in [0.2, 0.25) is 5.91 Å². The number of benzene rings is 1. The minimum atomic E-state index is -0.948. The Bertz CT molecular complexity index is 580. The molecule has 1 aromatic rings. The van der Waals surface area contributed by atoms with E-state index in [0.29, 0.717) is 0 Å². The first-order valence-electron chi connectivity index (χ1n) is 6.84. The Labute approximate surface area is 123 Å². The molecular formula is C16H19NO4. The van der Waals surface area contributed by atoms with Gasteiger partial charge in [-0.2, -0.15) is 0 Å². The molecule has 1 heterocycles. The van der Waals surface area contributed by atoms with Crippen LogP contribution < -0.4 is 5.32 Å². The van der Waals surface area contributed by atoms with Crippen LogP contribution in [-0.4, -0.2) is 36.2 Å². The molecule has 0 saturated carbocycles. The van der Waals surface area contributed by atoms with Gasteiger partial charge in [0.15, 0.2) is 0 Å². The zero-order valence-electron chi connectivity index (χ0n) is 12.1. The number of nitrogens with one attached hydrogen (secondary N) is 1. The number of carbonyl (C=O) groups excluding carboxylic acids is 1.